The van der Waals surface area contributed by atoms with E-state index in [1.54, 1.807) is 0 Å². The van der Waals surface area contributed by atoms with E-state index in [9.17, 15) is 4.79 Å². The molecule has 5 nitrogen and oxygen atoms in total. The Kier molecular flexibility index (Phi) is 3.34. The van der Waals surface area contributed by atoms with Crippen LogP contribution in [0.2, 0.25) is 0 Å². The van der Waals surface area contributed by atoms with E-state index >= 15 is 0 Å². The molecule has 1 aromatic carbocycles. The van der Waals surface area contributed by atoms with Gasteiger partial charge in [0.2, 0.25) is 0 Å². The van der Waals surface area contributed by atoms with Crippen LogP contribution < -0.4 is 5.73 Å². The Morgan fingerprint density at radius 1 is 1.48 bits per heavy atom. The number of nitrogen functional groups attached to an aromatic ring is 1. The van der Waals surface area contributed by atoms with Crippen molar-refractivity contribution in [3.8, 4) is 0 Å². The molecule has 0 unspecified atom stereocenters. The van der Waals surface area contributed by atoms with Gasteiger partial charge in [-0.2, -0.15) is 0 Å². The van der Waals surface area contributed by atoms with Gasteiger partial charge in [-0.3, -0.25) is 4.79 Å². The highest BCUT2D eigenvalue weighted by Gasteiger charge is 2.25. The number of carbonyl (C=O) groups is 1. The lowest BCUT2D eigenvalue weighted by Gasteiger charge is -2.25. The normalized spacial score (nSPS) is 14.2. The van der Waals surface area contributed by atoms with Crippen molar-refractivity contribution >= 4 is 33.3 Å². The fraction of sp³-hybridized carbons (Fsp3) is 0.294. The van der Waals surface area contributed by atoms with Crippen molar-refractivity contribution in [2.24, 2.45) is 0 Å². The van der Waals surface area contributed by atoms with Crippen LogP contribution in [-0.4, -0.2) is 27.3 Å². The molecule has 4 rings (SSSR count). The van der Waals surface area contributed by atoms with Crippen LogP contribution in [0, 0.1) is 0 Å². The van der Waals surface area contributed by atoms with Gasteiger partial charge < -0.3 is 15.6 Å². The lowest BCUT2D eigenvalue weighted by atomic mass is 10.1. The number of aromatic amines is 1. The summed E-state index contributed by atoms with van der Waals surface area (Å²) in [6, 6.07) is 8.13. The zero-order chi connectivity index (χ0) is 16.0. The molecule has 0 saturated heterocycles. The second-order valence-electron chi connectivity index (χ2n) is 5.81. The average molecular weight is 326 g/mol. The van der Waals surface area contributed by atoms with Crippen LogP contribution in [0.4, 0.5) is 5.13 Å². The molecule has 0 atom stereocenters. The van der Waals surface area contributed by atoms with Gasteiger partial charge in [-0.25, -0.2) is 4.98 Å². The summed E-state index contributed by atoms with van der Waals surface area (Å²) >= 11 is 1.48. The molecule has 118 valence electrons. The standard InChI is InChI=1S/C17H18N4OS/c1-2-10-4-3-5-12-11(10)8-14(19-12)16(22)21-7-6-13-15(9-21)23-17(18)20-13/h3-5,8,19H,2,6-7,9H2,1H3,(H2,18,20). The van der Waals surface area contributed by atoms with Crippen LogP contribution in [0.5, 0.6) is 0 Å². The van der Waals surface area contributed by atoms with Gasteiger partial charge in [0, 0.05) is 28.7 Å². The summed E-state index contributed by atoms with van der Waals surface area (Å²) in [5.41, 5.74) is 9.75. The predicted molar refractivity (Wildman–Crippen MR) is 92.6 cm³/mol. The van der Waals surface area contributed by atoms with Gasteiger partial charge >= 0.3 is 0 Å². The van der Waals surface area contributed by atoms with Crippen LogP contribution >= 0.6 is 11.3 Å². The molecular formula is C17H18N4OS. The predicted octanol–water partition coefficient (Wildman–Crippen LogP) is 2.97. The van der Waals surface area contributed by atoms with E-state index in [0.29, 0.717) is 23.9 Å². The first kappa shape index (κ1) is 14.3. The number of H-pyrrole nitrogens is 1. The Morgan fingerprint density at radius 2 is 2.35 bits per heavy atom. The highest BCUT2D eigenvalue weighted by Crippen LogP contribution is 2.28. The van der Waals surface area contributed by atoms with Crippen LogP contribution in [-0.2, 0) is 19.4 Å². The number of nitrogens with two attached hydrogens (primary N) is 1. The van der Waals surface area contributed by atoms with Crippen molar-refractivity contribution in [3.63, 3.8) is 0 Å². The first-order chi connectivity index (χ1) is 11.2. The zero-order valence-corrected chi connectivity index (χ0v) is 13.7. The van der Waals surface area contributed by atoms with E-state index in [0.717, 1.165) is 34.3 Å². The third kappa shape index (κ3) is 2.39. The summed E-state index contributed by atoms with van der Waals surface area (Å²) in [4.78, 5) is 23.4. The van der Waals surface area contributed by atoms with Gasteiger partial charge in [-0.15, -0.1) is 11.3 Å². The van der Waals surface area contributed by atoms with Crippen LogP contribution in [0.1, 0.15) is 33.5 Å². The largest absolute Gasteiger partial charge is 0.375 e. The van der Waals surface area contributed by atoms with E-state index in [-0.39, 0.29) is 5.91 Å². The number of aryl methyl sites for hydroxylation is 1. The molecule has 2 aromatic heterocycles. The highest BCUT2D eigenvalue weighted by molar-refractivity contribution is 7.15. The molecule has 3 N–H and O–H groups in total. The van der Waals surface area contributed by atoms with Gasteiger partial charge in [-0.1, -0.05) is 19.1 Å². The number of fused-ring (bicyclic) bond motifs is 2. The van der Waals surface area contributed by atoms with E-state index < -0.39 is 0 Å². The molecule has 1 aliphatic heterocycles. The van der Waals surface area contributed by atoms with Crippen molar-refractivity contribution in [1.82, 2.24) is 14.9 Å². The lowest BCUT2D eigenvalue weighted by molar-refractivity contribution is 0.0731. The lowest BCUT2D eigenvalue weighted by Crippen LogP contribution is -2.35. The van der Waals surface area contributed by atoms with Gasteiger partial charge in [-0.05, 0) is 24.1 Å². The number of nitrogens with zero attached hydrogens (tertiary/aromatic N) is 2. The highest BCUT2D eigenvalue weighted by atomic mass is 32.1. The molecule has 0 aliphatic carbocycles. The molecule has 6 heteroatoms. The Morgan fingerprint density at radius 3 is 3.17 bits per heavy atom. The number of thiazole rings is 1. The third-order valence-corrected chi connectivity index (χ3v) is 5.31. The Hall–Kier alpha value is -2.34. The van der Waals surface area contributed by atoms with Crippen molar-refractivity contribution in [2.75, 3.05) is 12.3 Å². The molecule has 0 saturated carbocycles. The minimum atomic E-state index is 0.0425. The topological polar surface area (TPSA) is 75.0 Å². The van der Waals surface area contributed by atoms with Crippen LogP contribution in [0.3, 0.4) is 0 Å². The van der Waals surface area contributed by atoms with Crippen molar-refractivity contribution in [1.29, 1.82) is 0 Å². The number of rotatable bonds is 2. The number of carbonyl (C=O) groups excluding carboxylic acids is 1. The first-order valence-corrected chi connectivity index (χ1v) is 8.61. The van der Waals surface area contributed by atoms with Crippen LogP contribution in [0.25, 0.3) is 10.9 Å². The van der Waals surface area contributed by atoms with Gasteiger partial charge in [0.25, 0.3) is 5.91 Å². The maximum absolute atomic E-state index is 12.8. The fourth-order valence-corrected chi connectivity index (χ4v) is 4.09. The number of aromatic nitrogens is 2. The number of amides is 1. The fourth-order valence-electron chi connectivity index (χ4n) is 3.20. The molecule has 0 bridgehead atoms. The molecule has 0 radical (unpaired) electrons. The zero-order valence-electron chi connectivity index (χ0n) is 12.9. The molecule has 3 aromatic rings. The van der Waals surface area contributed by atoms with Gasteiger partial charge in [0.15, 0.2) is 5.13 Å². The average Bonchev–Trinajstić information content (AvgIpc) is 3.15. The Balaban J connectivity index is 1.65. The molecule has 23 heavy (non-hydrogen) atoms. The van der Waals surface area contributed by atoms with E-state index in [2.05, 4.69) is 23.0 Å². The summed E-state index contributed by atoms with van der Waals surface area (Å²) in [7, 11) is 0. The van der Waals surface area contributed by atoms with Gasteiger partial charge in [0.05, 0.1) is 12.2 Å². The smallest absolute Gasteiger partial charge is 0.270 e. The molecular weight excluding hydrogens is 308 g/mol. The van der Waals surface area contributed by atoms with Crippen LogP contribution in [0.15, 0.2) is 24.3 Å². The second kappa shape index (κ2) is 5.38. The summed E-state index contributed by atoms with van der Waals surface area (Å²) < 4.78 is 0. The van der Waals surface area contributed by atoms with Gasteiger partial charge in [0.1, 0.15) is 5.69 Å². The summed E-state index contributed by atoms with van der Waals surface area (Å²) in [6.45, 7) is 3.41. The van der Waals surface area contributed by atoms with E-state index in [4.69, 9.17) is 5.73 Å². The number of anilines is 1. The molecule has 1 aliphatic rings. The van der Waals surface area contributed by atoms with E-state index in [1.165, 1.54) is 16.9 Å². The summed E-state index contributed by atoms with van der Waals surface area (Å²) in [5.74, 6) is 0.0425. The molecule has 0 fully saturated rings. The van der Waals surface area contributed by atoms with Crippen molar-refractivity contribution in [2.45, 2.75) is 26.3 Å². The number of nitrogens with one attached hydrogen (secondary N) is 1. The van der Waals surface area contributed by atoms with Crippen molar-refractivity contribution in [3.05, 3.63) is 46.1 Å². The summed E-state index contributed by atoms with van der Waals surface area (Å²) in [6.07, 6.45) is 1.73. The minimum absolute atomic E-state index is 0.0425. The third-order valence-electron chi connectivity index (χ3n) is 4.40. The number of hydrogen-bond acceptors (Lipinski definition) is 4. The maximum atomic E-state index is 12.8. The molecule has 0 spiro atoms. The monoisotopic (exact) mass is 326 g/mol. The Labute approximate surface area is 138 Å². The minimum Gasteiger partial charge on any atom is -0.375 e. The maximum Gasteiger partial charge on any atom is 0.270 e. The SMILES string of the molecule is CCc1cccc2[nH]c(C(=O)N3CCc4nc(N)sc4C3)cc12. The molecule has 1 amide bonds. The Bertz CT molecular complexity index is 895. The second-order valence-corrected chi connectivity index (χ2v) is 6.93. The van der Waals surface area contributed by atoms with Crippen molar-refractivity contribution < 1.29 is 4.79 Å². The molecule has 3 heterocycles. The first-order valence-electron chi connectivity index (χ1n) is 7.79. The quantitative estimate of drug-likeness (QED) is 0.760. The number of benzene rings is 1. The summed E-state index contributed by atoms with van der Waals surface area (Å²) in [5, 5.41) is 1.72. The number of hydrogen-bond donors (Lipinski definition) is 2. The van der Waals surface area contributed by atoms with E-state index in [1.807, 2.05) is 23.1 Å².